The van der Waals surface area contributed by atoms with Crippen molar-refractivity contribution < 1.29 is 4.79 Å². The summed E-state index contributed by atoms with van der Waals surface area (Å²) in [4.78, 5) is 14.1. The molecule has 2 rings (SSSR count). The number of hydrogen-bond donors (Lipinski definition) is 2. The average Bonchev–Trinajstić information content (AvgIpc) is 2.40. The second kappa shape index (κ2) is 10.2. The van der Waals surface area contributed by atoms with Crippen LogP contribution < -0.4 is 10.6 Å². The highest BCUT2D eigenvalue weighted by Gasteiger charge is 2.15. The zero-order valence-electron chi connectivity index (χ0n) is 12.0. The van der Waals surface area contributed by atoms with Crippen LogP contribution in [0.2, 0.25) is 5.02 Å². The minimum atomic E-state index is 0. The van der Waals surface area contributed by atoms with Crippen molar-refractivity contribution >= 4 is 42.3 Å². The summed E-state index contributed by atoms with van der Waals surface area (Å²) in [6.45, 7) is 6.24. The van der Waals surface area contributed by atoms with E-state index in [1.54, 1.807) is 0 Å². The highest BCUT2D eigenvalue weighted by atomic mass is 35.5. The van der Waals surface area contributed by atoms with Crippen LogP contribution in [0.25, 0.3) is 0 Å². The average molecular weight is 355 g/mol. The third kappa shape index (κ3) is 6.85. The molecule has 120 valence electrons. The van der Waals surface area contributed by atoms with Gasteiger partial charge in [-0.05, 0) is 24.6 Å². The summed E-state index contributed by atoms with van der Waals surface area (Å²) >= 11 is 5.85. The Morgan fingerprint density at radius 3 is 2.43 bits per heavy atom. The Morgan fingerprint density at radius 2 is 1.86 bits per heavy atom. The lowest BCUT2D eigenvalue weighted by molar-refractivity contribution is -0.123. The largest absolute Gasteiger partial charge is 0.348 e. The van der Waals surface area contributed by atoms with E-state index >= 15 is 0 Å². The second-order valence-electron chi connectivity index (χ2n) is 4.87. The number of halogens is 3. The number of nitrogens with zero attached hydrogens (tertiary/aromatic N) is 1. The Labute approximate surface area is 143 Å². The summed E-state index contributed by atoms with van der Waals surface area (Å²) in [6.07, 6.45) is 0. The molecule has 0 spiro atoms. The van der Waals surface area contributed by atoms with E-state index in [0.717, 1.165) is 31.7 Å². The molecule has 1 unspecified atom stereocenters. The van der Waals surface area contributed by atoms with Crippen molar-refractivity contribution in [2.24, 2.45) is 0 Å². The van der Waals surface area contributed by atoms with E-state index in [2.05, 4.69) is 15.5 Å². The van der Waals surface area contributed by atoms with E-state index in [4.69, 9.17) is 11.6 Å². The molecule has 0 bridgehead atoms. The Bertz CT molecular complexity index is 422. The highest BCUT2D eigenvalue weighted by Crippen LogP contribution is 2.15. The molecular weight excluding hydrogens is 333 g/mol. The normalized spacial score (nSPS) is 16.3. The van der Waals surface area contributed by atoms with Crippen LogP contribution in [0.1, 0.15) is 18.5 Å². The standard InChI is InChI=1S/C14H20ClN3O.2ClH/c1-11(12-2-4-13(15)5-3-12)17-14(19)10-18-8-6-16-7-9-18;;/h2-5,11,16H,6-10H2,1H3,(H,17,19);2*1H. The van der Waals surface area contributed by atoms with Gasteiger partial charge in [0.05, 0.1) is 12.6 Å². The van der Waals surface area contributed by atoms with E-state index < -0.39 is 0 Å². The molecular formula is C14H22Cl3N3O. The van der Waals surface area contributed by atoms with Gasteiger partial charge < -0.3 is 10.6 Å². The smallest absolute Gasteiger partial charge is 0.234 e. The molecule has 1 aliphatic rings. The van der Waals surface area contributed by atoms with Crippen molar-refractivity contribution in [3.05, 3.63) is 34.9 Å². The molecule has 0 aliphatic carbocycles. The predicted octanol–water partition coefficient (Wildman–Crippen LogP) is 2.27. The number of carbonyl (C=O) groups excluding carboxylic acids is 1. The number of hydrogen-bond acceptors (Lipinski definition) is 3. The van der Waals surface area contributed by atoms with Crippen LogP contribution in [0.4, 0.5) is 0 Å². The molecule has 1 atom stereocenters. The van der Waals surface area contributed by atoms with Gasteiger partial charge in [0, 0.05) is 31.2 Å². The predicted molar refractivity (Wildman–Crippen MR) is 91.8 cm³/mol. The van der Waals surface area contributed by atoms with E-state index in [9.17, 15) is 4.79 Å². The summed E-state index contributed by atoms with van der Waals surface area (Å²) < 4.78 is 0. The summed E-state index contributed by atoms with van der Waals surface area (Å²) in [7, 11) is 0. The molecule has 1 fully saturated rings. The molecule has 4 nitrogen and oxygen atoms in total. The van der Waals surface area contributed by atoms with Gasteiger partial charge in [-0.3, -0.25) is 9.69 Å². The molecule has 7 heteroatoms. The van der Waals surface area contributed by atoms with Gasteiger partial charge in [0.25, 0.3) is 0 Å². The molecule has 0 saturated carbocycles. The number of benzene rings is 1. The monoisotopic (exact) mass is 353 g/mol. The molecule has 2 N–H and O–H groups in total. The maximum Gasteiger partial charge on any atom is 0.234 e. The zero-order valence-corrected chi connectivity index (χ0v) is 14.4. The minimum Gasteiger partial charge on any atom is -0.348 e. The van der Waals surface area contributed by atoms with Crippen LogP contribution in [0.15, 0.2) is 24.3 Å². The van der Waals surface area contributed by atoms with Crippen molar-refractivity contribution in [2.45, 2.75) is 13.0 Å². The molecule has 1 heterocycles. The van der Waals surface area contributed by atoms with Crippen LogP contribution in [0.3, 0.4) is 0 Å². The maximum absolute atomic E-state index is 12.0. The number of nitrogens with one attached hydrogen (secondary N) is 2. The lowest BCUT2D eigenvalue weighted by Gasteiger charge is -2.27. The first-order valence-corrected chi connectivity index (χ1v) is 7.01. The van der Waals surface area contributed by atoms with Gasteiger partial charge in [0.2, 0.25) is 5.91 Å². The van der Waals surface area contributed by atoms with E-state index in [0.29, 0.717) is 11.6 Å². The Balaban J connectivity index is 0.00000200. The van der Waals surface area contributed by atoms with Crippen molar-refractivity contribution in [1.82, 2.24) is 15.5 Å². The van der Waals surface area contributed by atoms with E-state index in [-0.39, 0.29) is 36.8 Å². The lowest BCUT2D eigenvalue weighted by Crippen LogP contribution is -2.47. The van der Waals surface area contributed by atoms with Crippen molar-refractivity contribution in [3.8, 4) is 0 Å². The summed E-state index contributed by atoms with van der Waals surface area (Å²) in [5.41, 5.74) is 1.07. The Kier molecular flexibility index (Phi) is 9.99. The molecule has 1 aromatic rings. The quantitative estimate of drug-likeness (QED) is 0.872. The van der Waals surface area contributed by atoms with Gasteiger partial charge >= 0.3 is 0 Å². The van der Waals surface area contributed by atoms with Crippen molar-refractivity contribution in [3.63, 3.8) is 0 Å². The number of carbonyl (C=O) groups is 1. The molecule has 0 radical (unpaired) electrons. The van der Waals surface area contributed by atoms with Gasteiger partial charge in [-0.15, -0.1) is 24.8 Å². The lowest BCUT2D eigenvalue weighted by atomic mass is 10.1. The first-order valence-electron chi connectivity index (χ1n) is 6.63. The molecule has 21 heavy (non-hydrogen) atoms. The van der Waals surface area contributed by atoms with E-state index in [1.165, 1.54) is 0 Å². The molecule has 1 aromatic carbocycles. The van der Waals surface area contributed by atoms with Gasteiger partial charge in [0.15, 0.2) is 0 Å². The number of rotatable bonds is 4. The van der Waals surface area contributed by atoms with Gasteiger partial charge in [0.1, 0.15) is 0 Å². The van der Waals surface area contributed by atoms with Crippen LogP contribution in [0.5, 0.6) is 0 Å². The zero-order chi connectivity index (χ0) is 13.7. The fraction of sp³-hybridized carbons (Fsp3) is 0.500. The minimum absolute atomic E-state index is 0. The third-order valence-corrected chi connectivity index (χ3v) is 3.58. The summed E-state index contributed by atoms with van der Waals surface area (Å²) in [5.74, 6) is 0.0735. The number of amides is 1. The topological polar surface area (TPSA) is 44.4 Å². The maximum atomic E-state index is 12.0. The molecule has 0 aromatic heterocycles. The van der Waals surface area contributed by atoms with Crippen molar-refractivity contribution in [2.75, 3.05) is 32.7 Å². The highest BCUT2D eigenvalue weighted by molar-refractivity contribution is 6.30. The third-order valence-electron chi connectivity index (χ3n) is 3.32. The Morgan fingerprint density at radius 1 is 1.29 bits per heavy atom. The summed E-state index contributed by atoms with van der Waals surface area (Å²) in [5, 5.41) is 7.00. The molecule has 1 amide bonds. The van der Waals surface area contributed by atoms with Gasteiger partial charge in [-0.1, -0.05) is 23.7 Å². The van der Waals surface area contributed by atoms with Crippen LogP contribution >= 0.6 is 36.4 Å². The molecule has 1 aliphatic heterocycles. The van der Waals surface area contributed by atoms with Crippen LogP contribution in [-0.4, -0.2) is 43.5 Å². The van der Waals surface area contributed by atoms with Crippen LogP contribution in [-0.2, 0) is 4.79 Å². The van der Waals surface area contributed by atoms with Gasteiger partial charge in [-0.2, -0.15) is 0 Å². The SMILES string of the molecule is CC(NC(=O)CN1CCNCC1)c1ccc(Cl)cc1.Cl.Cl. The second-order valence-corrected chi connectivity index (χ2v) is 5.30. The summed E-state index contributed by atoms with van der Waals surface area (Å²) in [6, 6.07) is 7.58. The Hall–Kier alpha value is -0.520. The first-order chi connectivity index (χ1) is 9.15. The van der Waals surface area contributed by atoms with Crippen molar-refractivity contribution in [1.29, 1.82) is 0 Å². The fourth-order valence-corrected chi connectivity index (χ4v) is 2.32. The number of piperazine rings is 1. The first kappa shape index (κ1) is 20.5. The van der Waals surface area contributed by atoms with Crippen LogP contribution in [0, 0.1) is 0 Å². The van der Waals surface area contributed by atoms with Gasteiger partial charge in [-0.25, -0.2) is 0 Å². The van der Waals surface area contributed by atoms with E-state index in [1.807, 2.05) is 31.2 Å². The fourth-order valence-electron chi connectivity index (χ4n) is 2.19. The molecule has 1 saturated heterocycles.